The quantitative estimate of drug-likeness (QED) is 0.782. The summed E-state index contributed by atoms with van der Waals surface area (Å²) in [5, 5.41) is 4.06. The van der Waals surface area contributed by atoms with Crippen LogP contribution in [-0.2, 0) is 0 Å². The van der Waals surface area contributed by atoms with E-state index in [4.69, 9.17) is 16.3 Å². The van der Waals surface area contributed by atoms with Crippen LogP contribution in [0.4, 0.5) is 0 Å². The Kier molecular flexibility index (Phi) is 6.51. The molecule has 0 aliphatic rings. The molecular formula is C15H24ClNO. The Labute approximate surface area is 116 Å². The van der Waals surface area contributed by atoms with E-state index in [2.05, 4.69) is 39.1 Å². The van der Waals surface area contributed by atoms with Crippen LogP contribution in [0.15, 0.2) is 18.2 Å². The number of hydrogen-bond acceptors (Lipinski definition) is 2. The minimum Gasteiger partial charge on any atom is -0.489 e. The lowest BCUT2D eigenvalue weighted by atomic mass is 10.1. The van der Waals surface area contributed by atoms with E-state index < -0.39 is 0 Å². The van der Waals surface area contributed by atoms with E-state index in [1.54, 1.807) is 0 Å². The van der Waals surface area contributed by atoms with E-state index in [1.807, 2.05) is 12.1 Å². The van der Waals surface area contributed by atoms with Crippen molar-refractivity contribution in [2.24, 2.45) is 0 Å². The van der Waals surface area contributed by atoms with Gasteiger partial charge in [0.15, 0.2) is 0 Å². The van der Waals surface area contributed by atoms with Gasteiger partial charge in [0.05, 0.1) is 11.1 Å². The van der Waals surface area contributed by atoms with Gasteiger partial charge in [-0.05, 0) is 44.5 Å². The molecule has 0 amide bonds. The zero-order chi connectivity index (χ0) is 13.5. The fraction of sp³-hybridized carbons (Fsp3) is 0.600. The Morgan fingerprint density at radius 3 is 2.56 bits per heavy atom. The van der Waals surface area contributed by atoms with Gasteiger partial charge in [-0.2, -0.15) is 0 Å². The van der Waals surface area contributed by atoms with Crippen LogP contribution in [0.2, 0.25) is 5.02 Å². The molecule has 1 aromatic carbocycles. The molecule has 1 aromatic rings. The number of benzene rings is 1. The SMILES string of the molecule is CCCC(C)Oc1ccc(C(C)NCC)cc1Cl. The third kappa shape index (κ3) is 4.51. The summed E-state index contributed by atoms with van der Waals surface area (Å²) in [4.78, 5) is 0. The van der Waals surface area contributed by atoms with E-state index in [9.17, 15) is 0 Å². The van der Waals surface area contributed by atoms with Crippen LogP contribution in [0.25, 0.3) is 0 Å². The molecule has 0 aliphatic heterocycles. The number of rotatable bonds is 7. The molecule has 0 saturated carbocycles. The maximum atomic E-state index is 6.27. The smallest absolute Gasteiger partial charge is 0.138 e. The number of hydrogen-bond donors (Lipinski definition) is 1. The van der Waals surface area contributed by atoms with Gasteiger partial charge in [-0.3, -0.25) is 0 Å². The number of nitrogens with one attached hydrogen (secondary N) is 1. The minimum absolute atomic E-state index is 0.213. The Morgan fingerprint density at radius 2 is 2.00 bits per heavy atom. The summed E-state index contributed by atoms with van der Waals surface area (Å²) in [6.45, 7) is 9.42. The molecule has 18 heavy (non-hydrogen) atoms. The van der Waals surface area contributed by atoms with Crippen molar-refractivity contribution in [1.82, 2.24) is 5.32 Å². The first-order valence-corrected chi connectivity index (χ1v) is 7.15. The first-order chi connectivity index (χ1) is 8.58. The van der Waals surface area contributed by atoms with Gasteiger partial charge in [0.2, 0.25) is 0 Å². The fourth-order valence-electron chi connectivity index (χ4n) is 1.99. The molecule has 102 valence electrons. The lowest BCUT2D eigenvalue weighted by molar-refractivity contribution is 0.210. The summed E-state index contributed by atoms with van der Waals surface area (Å²) in [6, 6.07) is 6.35. The average molecular weight is 270 g/mol. The highest BCUT2D eigenvalue weighted by Gasteiger charge is 2.10. The van der Waals surface area contributed by atoms with Crippen LogP contribution in [0.3, 0.4) is 0 Å². The van der Waals surface area contributed by atoms with Gasteiger partial charge in [0.1, 0.15) is 5.75 Å². The highest BCUT2D eigenvalue weighted by molar-refractivity contribution is 6.32. The van der Waals surface area contributed by atoms with Crippen molar-refractivity contribution in [2.75, 3.05) is 6.54 Å². The second kappa shape index (κ2) is 7.65. The van der Waals surface area contributed by atoms with Gasteiger partial charge in [0, 0.05) is 6.04 Å². The van der Waals surface area contributed by atoms with Gasteiger partial charge < -0.3 is 10.1 Å². The molecule has 0 saturated heterocycles. The number of ether oxygens (including phenoxy) is 1. The summed E-state index contributed by atoms with van der Waals surface area (Å²) in [6.07, 6.45) is 2.38. The van der Waals surface area contributed by atoms with Gasteiger partial charge in [-0.15, -0.1) is 0 Å². The van der Waals surface area contributed by atoms with E-state index in [0.29, 0.717) is 11.1 Å². The Balaban J connectivity index is 2.73. The largest absolute Gasteiger partial charge is 0.489 e. The molecule has 2 unspecified atom stereocenters. The molecule has 0 radical (unpaired) electrons. The van der Waals surface area contributed by atoms with E-state index in [0.717, 1.165) is 25.1 Å². The summed E-state index contributed by atoms with van der Waals surface area (Å²) in [5.41, 5.74) is 1.19. The Morgan fingerprint density at radius 1 is 1.28 bits per heavy atom. The van der Waals surface area contributed by atoms with Crippen LogP contribution >= 0.6 is 11.6 Å². The van der Waals surface area contributed by atoms with E-state index in [1.165, 1.54) is 5.56 Å². The van der Waals surface area contributed by atoms with Crippen LogP contribution in [0.1, 0.15) is 52.1 Å². The highest BCUT2D eigenvalue weighted by atomic mass is 35.5. The minimum atomic E-state index is 0.213. The fourth-order valence-corrected chi connectivity index (χ4v) is 2.22. The molecule has 0 spiro atoms. The normalized spacial score (nSPS) is 14.3. The van der Waals surface area contributed by atoms with Gasteiger partial charge >= 0.3 is 0 Å². The molecule has 1 N–H and O–H groups in total. The maximum absolute atomic E-state index is 6.27. The molecule has 0 bridgehead atoms. The molecular weight excluding hydrogens is 246 g/mol. The average Bonchev–Trinajstić information content (AvgIpc) is 2.32. The predicted molar refractivity (Wildman–Crippen MR) is 78.5 cm³/mol. The first-order valence-electron chi connectivity index (χ1n) is 6.77. The zero-order valence-corrected chi connectivity index (χ0v) is 12.6. The lowest BCUT2D eigenvalue weighted by Gasteiger charge is -2.17. The van der Waals surface area contributed by atoms with Crippen molar-refractivity contribution in [3.63, 3.8) is 0 Å². The summed E-state index contributed by atoms with van der Waals surface area (Å²) in [7, 11) is 0. The number of halogens is 1. The summed E-state index contributed by atoms with van der Waals surface area (Å²) in [5.74, 6) is 0.782. The first kappa shape index (κ1) is 15.3. The molecule has 1 rings (SSSR count). The maximum Gasteiger partial charge on any atom is 0.138 e. The third-order valence-corrected chi connectivity index (χ3v) is 3.28. The van der Waals surface area contributed by atoms with Crippen molar-refractivity contribution >= 4 is 11.6 Å². The van der Waals surface area contributed by atoms with Gasteiger partial charge in [-0.1, -0.05) is 37.9 Å². The highest BCUT2D eigenvalue weighted by Crippen LogP contribution is 2.29. The van der Waals surface area contributed by atoms with Crippen molar-refractivity contribution in [3.8, 4) is 5.75 Å². The molecule has 0 heterocycles. The van der Waals surface area contributed by atoms with Crippen molar-refractivity contribution in [3.05, 3.63) is 28.8 Å². The van der Waals surface area contributed by atoms with Crippen LogP contribution in [-0.4, -0.2) is 12.6 Å². The van der Waals surface area contributed by atoms with Gasteiger partial charge in [0.25, 0.3) is 0 Å². The van der Waals surface area contributed by atoms with E-state index >= 15 is 0 Å². The van der Waals surface area contributed by atoms with Gasteiger partial charge in [-0.25, -0.2) is 0 Å². The van der Waals surface area contributed by atoms with Crippen LogP contribution < -0.4 is 10.1 Å². The van der Waals surface area contributed by atoms with E-state index in [-0.39, 0.29) is 6.10 Å². The molecule has 2 atom stereocenters. The van der Waals surface area contributed by atoms with Crippen molar-refractivity contribution < 1.29 is 4.74 Å². The summed E-state index contributed by atoms with van der Waals surface area (Å²) >= 11 is 6.27. The molecule has 0 aromatic heterocycles. The topological polar surface area (TPSA) is 21.3 Å². The van der Waals surface area contributed by atoms with Crippen molar-refractivity contribution in [1.29, 1.82) is 0 Å². The second-order valence-electron chi connectivity index (χ2n) is 4.69. The molecule has 0 fully saturated rings. The van der Waals surface area contributed by atoms with Crippen LogP contribution in [0.5, 0.6) is 5.75 Å². The Bertz CT molecular complexity index is 368. The lowest BCUT2D eigenvalue weighted by Crippen LogP contribution is -2.17. The third-order valence-electron chi connectivity index (χ3n) is 2.99. The second-order valence-corrected chi connectivity index (χ2v) is 5.09. The molecule has 3 heteroatoms. The monoisotopic (exact) mass is 269 g/mol. The standard InChI is InChI=1S/C15H24ClNO/c1-5-7-11(3)18-15-9-8-13(10-14(15)16)12(4)17-6-2/h8-12,17H,5-7H2,1-4H3. The zero-order valence-electron chi connectivity index (χ0n) is 11.8. The molecule has 0 aliphatic carbocycles. The summed E-state index contributed by atoms with van der Waals surface area (Å²) < 4.78 is 5.83. The predicted octanol–water partition coefficient (Wildman–Crippen LogP) is 4.58. The van der Waals surface area contributed by atoms with Crippen molar-refractivity contribution in [2.45, 2.75) is 52.7 Å². The Hall–Kier alpha value is -0.730. The van der Waals surface area contributed by atoms with Crippen LogP contribution in [0, 0.1) is 0 Å². The molecule has 2 nitrogen and oxygen atoms in total.